The third-order valence-electron chi connectivity index (χ3n) is 2.52. The second kappa shape index (κ2) is 12.2. The zero-order valence-corrected chi connectivity index (χ0v) is 12.9. The van der Waals surface area contributed by atoms with Gasteiger partial charge in [-0.2, -0.15) is 0 Å². The van der Waals surface area contributed by atoms with Gasteiger partial charge in [0.1, 0.15) is 0 Å². The summed E-state index contributed by atoms with van der Waals surface area (Å²) < 4.78 is 15.0. The zero-order chi connectivity index (χ0) is 14.5. The molecule has 19 heavy (non-hydrogen) atoms. The van der Waals surface area contributed by atoms with Gasteiger partial charge < -0.3 is 9.42 Å². The van der Waals surface area contributed by atoms with E-state index in [0.29, 0.717) is 0 Å². The largest absolute Gasteiger partial charge is 0.326 e. The van der Waals surface area contributed by atoms with Gasteiger partial charge in [-0.15, -0.1) is 6.58 Å². The SMILES string of the molecule is C=CCCc1ccc(CO[PH](=O)O)cc1.CCCC. The minimum atomic E-state index is -2.82. The first-order chi connectivity index (χ1) is 9.13. The summed E-state index contributed by atoms with van der Waals surface area (Å²) in [6, 6.07) is 7.81. The summed E-state index contributed by atoms with van der Waals surface area (Å²) in [6.45, 7) is 8.21. The van der Waals surface area contributed by atoms with E-state index in [9.17, 15) is 4.57 Å². The van der Waals surface area contributed by atoms with Gasteiger partial charge in [-0.05, 0) is 24.0 Å². The van der Waals surface area contributed by atoms with E-state index in [-0.39, 0.29) is 6.61 Å². The van der Waals surface area contributed by atoms with Gasteiger partial charge in [0.05, 0.1) is 6.61 Å². The van der Waals surface area contributed by atoms with Crippen molar-refractivity contribution in [1.82, 2.24) is 0 Å². The summed E-state index contributed by atoms with van der Waals surface area (Å²) in [5, 5.41) is 0. The quantitative estimate of drug-likeness (QED) is 0.592. The van der Waals surface area contributed by atoms with E-state index in [2.05, 4.69) is 25.0 Å². The smallest absolute Gasteiger partial charge is 0.316 e. The van der Waals surface area contributed by atoms with Crippen molar-refractivity contribution in [2.45, 2.75) is 46.1 Å². The van der Waals surface area contributed by atoms with Crippen LogP contribution in [0.1, 0.15) is 44.2 Å². The molecule has 1 aromatic rings. The van der Waals surface area contributed by atoms with E-state index in [1.165, 1.54) is 18.4 Å². The molecule has 0 aliphatic rings. The number of hydrogen-bond acceptors (Lipinski definition) is 2. The van der Waals surface area contributed by atoms with E-state index in [1.54, 1.807) is 0 Å². The van der Waals surface area contributed by atoms with Crippen molar-refractivity contribution in [1.29, 1.82) is 0 Å². The lowest BCUT2D eigenvalue weighted by Crippen LogP contribution is -1.88. The summed E-state index contributed by atoms with van der Waals surface area (Å²) in [5.74, 6) is 0. The molecule has 0 aliphatic heterocycles. The summed E-state index contributed by atoms with van der Waals surface area (Å²) in [5.41, 5.74) is 2.14. The highest BCUT2D eigenvalue weighted by Gasteiger charge is 1.96. The zero-order valence-electron chi connectivity index (χ0n) is 11.9. The van der Waals surface area contributed by atoms with Crippen LogP contribution < -0.4 is 0 Å². The minimum Gasteiger partial charge on any atom is -0.326 e. The monoisotopic (exact) mass is 284 g/mol. The Morgan fingerprint density at radius 2 is 1.74 bits per heavy atom. The average molecular weight is 284 g/mol. The third kappa shape index (κ3) is 10.7. The van der Waals surface area contributed by atoms with Crippen molar-refractivity contribution < 1.29 is 14.0 Å². The van der Waals surface area contributed by atoms with E-state index in [4.69, 9.17) is 4.89 Å². The number of benzene rings is 1. The Labute approximate surface area is 117 Å². The lowest BCUT2D eigenvalue weighted by molar-refractivity contribution is 0.272. The summed E-state index contributed by atoms with van der Waals surface area (Å²) in [7, 11) is -2.82. The number of aryl methyl sites for hydroxylation is 1. The normalized spacial score (nSPS) is 11.3. The molecule has 0 heterocycles. The van der Waals surface area contributed by atoms with Gasteiger partial charge in [0.2, 0.25) is 0 Å². The highest BCUT2D eigenvalue weighted by molar-refractivity contribution is 7.32. The first-order valence-corrected chi connectivity index (χ1v) is 7.94. The second-order valence-electron chi connectivity index (χ2n) is 4.20. The maximum atomic E-state index is 10.3. The fourth-order valence-electron chi connectivity index (χ4n) is 1.22. The molecular weight excluding hydrogens is 259 g/mol. The van der Waals surface area contributed by atoms with Crippen molar-refractivity contribution in [2.24, 2.45) is 0 Å². The topological polar surface area (TPSA) is 46.5 Å². The number of unbranched alkanes of at least 4 members (excludes halogenated alkanes) is 1. The summed E-state index contributed by atoms with van der Waals surface area (Å²) in [4.78, 5) is 8.50. The molecular formula is C15H25O3P. The van der Waals surface area contributed by atoms with E-state index < -0.39 is 8.25 Å². The molecule has 0 bridgehead atoms. The molecule has 0 saturated carbocycles. The third-order valence-corrected chi connectivity index (χ3v) is 2.91. The maximum Gasteiger partial charge on any atom is 0.316 e. The van der Waals surface area contributed by atoms with Gasteiger partial charge in [0.15, 0.2) is 0 Å². The highest BCUT2D eigenvalue weighted by Crippen LogP contribution is 2.18. The van der Waals surface area contributed by atoms with Crippen LogP contribution in [-0.2, 0) is 22.1 Å². The van der Waals surface area contributed by atoms with Gasteiger partial charge in [-0.3, -0.25) is 4.57 Å². The molecule has 1 unspecified atom stereocenters. The standard InChI is InChI=1S/C11H15O3P.C4H10/c1-2-3-4-10-5-7-11(8-6-10)9-14-15(12)13;1-3-4-2/h2,5-8,15H,1,3-4,9H2,(H,12,13);3-4H2,1-2H3. The Morgan fingerprint density at radius 1 is 1.21 bits per heavy atom. The number of allylic oxidation sites excluding steroid dienone is 1. The Bertz CT molecular complexity index is 358. The molecule has 1 aromatic carbocycles. The summed E-state index contributed by atoms with van der Waals surface area (Å²) in [6.07, 6.45) is 6.45. The molecule has 0 amide bonds. The van der Waals surface area contributed by atoms with Crippen LogP contribution in [0.25, 0.3) is 0 Å². The number of hydrogen-bond donors (Lipinski definition) is 1. The van der Waals surface area contributed by atoms with Gasteiger partial charge in [-0.1, -0.05) is 57.0 Å². The van der Waals surface area contributed by atoms with Crippen LogP contribution in [0.15, 0.2) is 36.9 Å². The predicted octanol–water partition coefficient (Wildman–Crippen LogP) is 4.51. The molecule has 108 valence electrons. The van der Waals surface area contributed by atoms with Crippen molar-refractivity contribution in [2.75, 3.05) is 0 Å². The van der Waals surface area contributed by atoms with E-state index in [1.807, 2.05) is 30.3 Å². The summed E-state index contributed by atoms with van der Waals surface area (Å²) >= 11 is 0. The van der Waals surface area contributed by atoms with Gasteiger partial charge >= 0.3 is 8.25 Å². The second-order valence-corrected chi connectivity index (χ2v) is 5.02. The van der Waals surface area contributed by atoms with Crippen LogP contribution in [0.4, 0.5) is 0 Å². The van der Waals surface area contributed by atoms with Crippen LogP contribution in [0, 0.1) is 0 Å². The van der Waals surface area contributed by atoms with Gasteiger partial charge in [0, 0.05) is 0 Å². The Morgan fingerprint density at radius 3 is 2.16 bits per heavy atom. The lowest BCUT2D eigenvalue weighted by Gasteiger charge is -2.02. The molecule has 3 nitrogen and oxygen atoms in total. The first kappa shape index (κ1) is 18.1. The van der Waals surface area contributed by atoms with E-state index >= 15 is 0 Å². The fraction of sp³-hybridized carbons (Fsp3) is 0.467. The minimum absolute atomic E-state index is 0.191. The maximum absolute atomic E-state index is 10.3. The van der Waals surface area contributed by atoms with Gasteiger partial charge in [0.25, 0.3) is 0 Å². The Kier molecular flexibility index (Phi) is 11.6. The first-order valence-electron chi connectivity index (χ1n) is 6.68. The Hall–Kier alpha value is -0.890. The van der Waals surface area contributed by atoms with Crippen LogP contribution in [-0.4, -0.2) is 4.89 Å². The predicted molar refractivity (Wildman–Crippen MR) is 81.6 cm³/mol. The van der Waals surface area contributed by atoms with Crippen molar-refractivity contribution in [3.8, 4) is 0 Å². The molecule has 0 spiro atoms. The molecule has 1 rings (SSSR count). The van der Waals surface area contributed by atoms with Crippen molar-refractivity contribution >= 4 is 8.25 Å². The molecule has 4 heteroatoms. The number of rotatable bonds is 7. The lowest BCUT2D eigenvalue weighted by atomic mass is 10.1. The fourth-order valence-corrected chi connectivity index (χ4v) is 1.51. The van der Waals surface area contributed by atoms with Gasteiger partial charge in [-0.25, -0.2) is 0 Å². The molecule has 0 saturated heterocycles. The molecule has 0 radical (unpaired) electrons. The molecule has 0 aliphatic carbocycles. The van der Waals surface area contributed by atoms with Crippen LogP contribution in [0.5, 0.6) is 0 Å². The molecule has 1 atom stereocenters. The molecule has 1 N–H and O–H groups in total. The highest BCUT2D eigenvalue weighted by atomic mass is 31.1. The van der Waals surface area contributed by atoms with Crippen LogP contribution >= 0.6 is 8.25 Å². The van der Waals surface area contributed by atoms with E-state index in [0.717, 1.165) is 18.4 Å². The molecule has 0 aromatic heterocycles. The van der Waals surface area contributed by atoms with Crippen molar-refractivity contribution in [3.63, 3.8) is 0 Å². The molecule has 0 fully saturated rings. The Balaban J connectivity index is 0.000000711. The van der Waals surface area contributed by atoms with Crippen molar-refractivity contribution in [3.05, 3.63) is 48.0 Å². The van der Waals surface area contributed by atoms with Crippen LogP contribution in [0.2, 0.25) is 0 Å². The average Bonchev–Trinajstić information content (AvgIpc) is 2.44. The van der Waals surface area contributed by atoms with Crippen LogP contribution in [0.3, 0.4) is 0 Å².